The number of aliphatic hydroxyl groups excluding tert-OH is 1. The Labute approximate surface area is 102 Å². The molecule has 0 saturated heterocycles. The molecular weight excluding hydrogens is 216 g/mol. The van der Waals surface area contributed by atoms with E-state index in [1.165, 1.54) is 5.56 Å². The van der Waals surface area contributed by atoms with Crippen LogP contribution in [0.4, 0.5) is 0 Å². The van der Waals surface area contributed by atoms with Crippen molar-refractivity contribution in [2.45, 2.75) is 38.7 Å². The Balaban J connectivity index is 2.76. The Morgan fingerprint density at radius 2 is 1.94 bits per heavy atom. The molecule has 0 heterocycles. The van der Waals surface area contributed by atoms with Gasteiger partial charge in [0.05, 0.1) is 20.3 Å². The molecule has 0 saturated carbocycles. The zero-order chi connectivity index (χ0) is 12.8. The maximum absolute atomic E-state index is 10.2. The number of rotatable bonds is 2. The van der Waals surface area contributed by atoms with Crippen LogP contribution >= 0.6 is 0 Å². The zero-order valence-electron chi connectivity index (χ0n) is 11.1. The van der Waals surface area contributed by atoms with Crippen LogP contribution in [0.3, 0.4) is 0 Å². The van der Waals surface area contributed by atoms with Crippen LogP contribution in [-0.2, 0) is 5.41 Å². The summed E-state index contributed by atoms with van der Waals surface area (Å²) < 4.78 is 10.7. The van der Waals surface area contributed by atoms with Crippen molar-refractivity contribution in [3.05, 3.63) is 22.8 Å². The predicted molar refractivity (Wildman–Crippen MR) is 66.9 cm³/mol. The molecule has 1 aromatic carbocycles. The van der Waals surface area contributed by atoms with E-state index in [1.54, 1.807) is 14.2 Å². The lowest BCUT2D eigenvalue weighted by molar-refractivity contribution is 0.158. The largest absolute Gasteiger partial charge is 0.493 e. The summed E-state index contributed by atoms with van der Waals surface area (Å²) in [6, 6.07) is 1.98. The van der Waals surface area contributed by atoms with E-state index < -0.39 is 6.10 Å². The van der Waals surface area contributed by atoms with E-state index in [1.807, 2.05) is 6.07 Å². The highest BCUT2D eigenvalue weighted by atomic mass is 16.5. The Hall–Kier alpha value is -1.22. The van der Waals surface area contributed by atoms with Gasteiger partial charge in [0.1, 0.15) is 0 Å². The topological polar surface area (TPSA) is 38.7 Å². The molecule has 0 radical (unpaired) electrons. The maximum atomic E-state index is 10.2. The Bertz CT molecular complexity index is 449. The van der Waals surface area contributed by atoms with E-state index in [-0.39, 0.29) is 5.41 Å². The van der Waals surface area contributed by atoms with Gasteiger partial charge in [0, 0.05) is 5.56 Å². The van der Waals surface area contributed by atoms with Gasteiger partial charge in [-0.15, -0.1) is 0 Å². The Morgan fingerprint density at radius 3 is 2.47 bits per heavy atom. The number of ether oxygens (including phenoxy) is 2. The van der Waals surface area contributed by atoms with E-state index in [9.17, 15) is 5.11 Å². The molecule has 0 bridgehead atoms. The van der Waals surface area contributed by atoms with E-state index in [2.05, 4.69) is 20.8 Å². The summed E-state index contributed by atoms with van der Waals surface area (Å²) in [6.45, 7) is 6.36. The van der Waals surface area contributed by atoms with E-state index in [4.69, 9.17) is 9.47 Å². The summed E-state index contributed by atoms with van der Waals surface area (Å²) in [5, 5.41) is 10.2. The smallest absolute Gasteiger partial charge is 0.166 e. The summed E-state index contributed by atoms with van der Waals surface area (Å²) in [7, 11) is 3.24. The molecule has 3 nitrogen and oxygen atoms in total. The molecule has 1 atom stereocenters. The fourth-order valence-electron chi connectivity index (χ4n) is 3.06. The first-order valence-electron chi connectivity index (χ1n) is 5.86. The van der Waals surface area contributed by atoms with Gasteiger partial charge in [-0.05, 0) is 36.0 Å². The molecule has 0 amide bonds. The Kier molecular flexibility index (Phi) is 2.82. The number of aliphatic hydroxyl groups is 1. The van der Waals surface area contributed by atoms with E-state index in [0.29, 0.717) is 11.5 Å². The van der Waals surface area contributed by atoms with Crippen molar-refractivity contribution in [3.8, 4) is 11.5 Å². The zero-order valence-corrected chi connectivity index (χ0v) is 11.1. The fourth-order valence-corrected chi connectivity index (χ4v) is 3.06. The van der Waals surface area contributed by atoms with E-state index in [0.717, 1.165) is 17.5 Å². The van der Waals surface area contributed by atoms with Crippen LogP contribution < -0.4 is 9.47 Å². The second-order valence-electron chi connectivity index (χ2n) is 5.32. The summed E-state index contributed by atoms with van der Waals surface area (Å²) in [5.41, 5.74) is 3.23. The highest BCUT2D eigenvalue weighted by molar-refractivity contribution is 5.59. The molecule has 1 aliphatic rings. The number of benzene rings is 1. The summed E-state index contributed by atoms with van der Waals surface area (Å²) >= 11 is 0. The first-order valence-corrected chi connectivity index (χ1v) is 5.86. The number of hydrogen-bond donors (Lipinski definition) is 1. The minimum Gasteiger partial charge on any atom is -0.493 e. The molecular formula is C14H20O3. The summed E-state index contributed by atoms with van der Waals surface area (Å²) in [4.78, 5) is 0. The number of aryl methyl sites for hydroxylation is 1. The van der Waals surface area contributed by atoms with Crippen LogP contribution in [-0.4, -0.2) is 19.3 Å². The van der Waals surface area contributed by atoms with Crippen LogP contribution in [0.5, 0.6) is 11.5 Å². The highest BCUT2D eigenvalue weighted by Gasteiger charge is 2.40. The van der Waals surface area contributed by atoms with Crippen molar-refractivity contribution in [2.24, 2.45) is 0 Å². The van der Waals surface area contributed by atoms with Gasteiger partial charge in [0.25, 0.3) is 0 Å². The van der Waals surface area contributed by atoms with Gasteiger partial charge in [0.2, 0.25) is 0 Å². The lowest BCUT2D eigenvalue weighted by atomic mass is 9.83. The standard InChI is InChI=1S/C14H20O3/c1-8-6-10(16-4)13(17-5)11-9(15)7-14(2,3)12(8)11/h6,9,15H,7H2,1-5H3/t9-/m0/s1. The van der Waals surface area contributed by atoms with Gasteiger partial charge < -0.3 is 14.6 Å². The third-order valence-corrected chi connectivity index (χ3v) is 3.62. The first-order chi connectivity index (χ1) is 7.92. The van der Waals surface area contributed by atoms with Crippen LogP contribution in [0.15, 0.2) is 6.07 Å². The highest BCUT2D eigenvalue weighted by Crippen LogP contribution is 2.52. The molecule has 0 spiro atoms. The first kappa shape index (κ1) is 12.2. The minimum absolute atomic E-state index is 0.0155. The SMILES string of the molecule is COc1cc(C)c2c(c1OC)[C@@H](O)CC2(C)C. The van der Waals surface area contributed by atoms with Crippen molar-refractivity contribution >= 4 is 0 Å². The monoisotopic (exact) mass is 236 g/mol. The fraction of sp³-hybridized carbons (Fsp3) is 0.571. The Morgan fingerprint density at radius 1 is 1.29 bits per heavy atom. The number of methoxy groups -OCH3 is 2. The number of hydrogen-bond acceptors (Lipinski definition) is 3. The van der Waals surface area contributed by atoms with Gasteiger partial charge >= 0.3 is 0 Å². The van der Waals surface area contributed by atoms with Crippen LogP contribution in [0.2, 0.25) is 0 Å². The molecule has 3 heteroatoms. The third-order valence-electron chi connectivity index (χ3n) is 3.62. The molecule has 1 aliphatic carbocycles. The average Bonchev–Trinajstić information content (AvgIpc) is 2.49. The van der Waals surface area contributed by atoms with Gasteiger partial charge in [-0.3, -0.25) is 0 Å². The summed E-state index contributed by atoms with van der Waals surface area (Å²) in [6.07, 6.45) is 0.260. The minimum atomic E-state index is -0.469. The molecule has 2 rings (SSSR count). The maximum Gasteiger partial charge on any atom is 0.166 e. The molecule has 94 valence electrons. The van der Waals surface area contributed by atoms with Crippen molar-refractivity contribution in [3.63, 3.8) is 0 Å². The molecule has 0 aliphatic heterocycles. The van der Waals surface area contributed by atoms with Crippen LogP contribution in [0.1, 0.15) is 43.1 Å². The van der Waals surface area contributed by atoms with Gasteiger partial charge in [0.15, 0.2) is 11.5 Å². The van der Waals surface area contributed by atoms with Crippen LogP contribution in [0, 0.1) is 6.92 Å². The molecule has 0 fully saturated rings. The van der Waals surface area contributed by atoms with Gasteiger partial charge in [-0.1, -0.05) is 13.8 Å². The second-order valence-corrected chi connectivity index (χ2v) is 5.32. The molecule has 1 N–H and O–H groups in total. The second kappa shape index (κ2) is 3.91. The third kappa shape index (κ3) is 1.69. The van der Waals surface area contributed by atoms with Gasteiger partial charge in [-0.25, -0.2) is 0 Å². The predicted octanol–water partition coefficient (Wildman–Crippen LogP) is 2.73. The van der Waals surface area contributed by atoms with Crippen LogP contribution in [0.25, 0.3) is 0 Å². The number of fused-ring (bicyclic) bond motifs is 1. The quantitative estimate of drug-likeness (QED) is 0.858. The van der Waals surface area contributed by atoms with Crippen molar-refractivity contribution < 1.29 is 14.6 Å². The lowest BCUT2D eigenvalue weighted by Gasteiger charge is -2.22. The molecule has 17 heavy (non-hydrogen) atoms. The summed E-state index contributed by atoms with van der Waals surface area (Å²) in [5.74, 6) is 1.37. The van der Waals surface area contributed by atoms with Gasteiger partial charge in [-0.2, -0.15) is 0 Å². The van der Waals surface area contributed by atoms with Crippen molar-refractivity contribution in [1.82, 2.24) is 0 Å². The molecule has 0 unspecified atom stereocenters. The normalized spacial score (nSPS) is 21.2. The molecule has 0 aromatic heterocycles. The van der Waals surface area contributed by atoms with E-state index >= 15 is 0 Å². The molecule has 1 aromatic rings. The average molecular weight is 236 g/mol. The lowest BCUT2D eigenvalue weighted by Crippen LogP contribution is -2.14. The van der Waals surface area contributed by atoms with Crippen molar-refractivity contribution in [1.29, 1.82) is 0 Å². The van der Waals surface area contributed by atoms with Crippen molar-refractivity contribution in [2.75, 3.05) is 14.2 Å².